The summed E-state index contributed by atoms with van der Waals surface area (Å²) < 4.78 is 0. The predicted octanol–water partition coefficient (Wildman–Crippen LogP) is 2.96. The van der Waals surface area contributed by atoms with Crippen molar-refractivity contribution in [2.75, 3.05) is 5.75 Å². The topological polar surface area (TPSA) is 0 Å². The average Bonchev–Trinajstić information content (AvgIpc) is 1.90. The fourth-order valence-corrected chi connectivity index (χ4v) is 3.08. The maximum Gasteiger partial charge on any atom is 0.00163 e. The third kappa shape index (κ3) is 1.60. The Morgan fingerprint density at radius 3 is 3.00 bits per heavy atom. The van der Waals surface area contributed by atoms with Gasteiger partial charge in [0.2, 0.25) is 0 Å². The maximum absolute atomic E-state index is 3.74. The van der Waals surface area contributed by atoms with Gasteiger partial charge in [0.05, 0.1) is 0 Å². The molecule has 8 heavy (non-hydrogen) atoms. The van der Waals surface area contributed by atoms with Crippen molar-refractivity contribution in [2.45, 2.75) is 6.42 Å². The van der Waals surface area contributed by atoms with Gasteiger partial charge in [-0.3, -0.25) is 0 Å². The van der Waals surface area contributed by atoms with Crippen molar-refractivity contribution >= 4 is 20.7 Å². The Kier molecular flexibility index (Phi) is 2.56. The molecule has 0 nitrogen and oxygen atoms in total. The fraction of sp³-hybridized carbons (Fsp3) is 0.333. The summed E-state index contributed by atoms with van der Waals surface area (Å²) in [5, 5.41) is 4.22. The van der Waals surface area contributed by atoms with E-state index in [0.717, 1.165) is 0 Å². The molecule has 0 aromatic heterocycles. The fourth-order valence-electron chi connectivity index (χ4n) is 0.534. The molecule has 0 fully saturated rings. The summed E-state index contributed by atoms with van der Waals surface area (Å²) in [5.74, 6) is 1.30. The van der Waals surface area contributed by atoms with Gasteiger partial charge in [-0.1, -0.05) is 23.4 Å². The van der Waals surface area contributed by atoms with Gasteiger partial charge < -0.3 is 0 Å². The van der Waals surface area contributed by atoms with Gasteiger partial charge in [0.15, 0.2) is 0 Å². The van der Waals surface area contributed by atoms with Gasteiger partial charge in [0.25, 0.3) is 0 Å². The molecule has 45 valence electrons. The smallest absolute Gasteiger partial charge is 0.00163 e. The highest BCUT2D eigenvalue weighted by molar-refractivity contribution is 8.87. The third-order valence-electron chi connectivity index (χ3n) is 0.947. The van der Waals surface area contributed by atoms with Crippen LogP contribution in [0.3, 0.4) is 0 Å². The summed E-state index contributed by atoms with van der Waals surface area (Å²) in [6.45, 7) is 3.74. The first kappa shape index (κ1) is 6.30. The summed E-state index contributed by atoms with van der Waals surface area (Å²) in [5.41, 5.74) is 0. The van der Waals surface area contributed by atoms with Crippen molar-refractivity contribution < 1.29 is 0 Å². The van der Waals surface area contributed by atoms with Crippen LogP contribution in [0, 0.1) is 0 Å². The first-order valence-electron chi connectivity index (χ1n) is 2.58. The van der Waals surface area contributed by atoms with Crippen LogP contribution in [0.1, 0.15) is 6.42 Å². The second-order valence-electron chi connectivity index (χ2n) is 1.51. The largest absolute Gasteiger partial charge is 0.124 e. The van der Waals surface area contributed by atoms with Crippen molar-refractivity contribution in [3.8, 4) is 0 Å². The van der Waals surface area contributed by atoms with Crippen LogP contribution in [-0.2, 0) is 0 Å². The summed E-state index contributed by atoms with van der Waals surface area (Å²) in [6.07, 6.45) is 3.46. The highest BCUT2D eigenvalue weighted by Crippen LogP contribution is 2.45. The zero-order valence-corrected chi connectivity index (χ0v) is 6.30. The van der Waals surface area contributed by atoms with E-state index in [2.05, 4.69) is 18.1 Å². The molecule has 1 heterocycles. The monoisotopic (exact) mass is 145 g/mol. The Bertz CT molecular complexity index is 107. The van der Waals surface area contributed by atoms with Crippen molar-refractivity contribution in [1.29, 1.82) is 0 Å². The molecule has 0 aliphatic carbocycles. The first-order chi connectivity index (χ1) is 3.93. The van der Waals surface area contributed by atoms with Gasteiger partial charge in [-0.2, -0.15) is 0 Å². The zero-order valence-electron chi connectivity index (χ0n) is 4.67. The van der Waals surface area contributed by atoms with Crippen molar-refractivity contribution in [3.63, 3.8) is 0 Å². The van der Waals surface area contributed by atoms with Crippen LogP contribution in [0.2, 0.25) is 0 Å². The molecule has 1 radical (unpaired) electrons. The molecular formula is C6H9S2. The molecule has 0 aromatic carbocycles. The number of hydrogen-bond acceptors (Lipinski definition) is 1. The lowest BCUT2D eigenvalue weighted by Gasteiger charge is -2.13. The van der Waals surface area contributed by atoms with Crippen LogP contribution >= 0.6 is 20.7 Å². The lowest BCUT2D eigenvalue weighted by molar-refractivity contribution is 1.25. The molecule has 0 saturated heterocycles. The molecule has 2 heteroatoms. The number of allylic oxidation sites excluding steroid dienone is 1. The quantitative estimate of drug-likeness (QED) is 0.511. The minimum absolute atomic E-state index is 0.442. The van der Waals surface area contributed by atoms with Crippen molar-refractivity contribution in [2.24, 2.45) is 0 Å². The van der Waals surface area contributed by atoms with Crippen LogP contribution in [0.5, 0.6) is 0 Å². The molecule has 0 saturated carbocycles. The normalized spacial score (nSPS) is 21.0. The van der Waals surface area contributed by atoms with E-state index in [1.165, 1.54) is 12.2 Å². The molecule has 0 atom stereocenters. The standard InChI is InChI=1S/C6H9S2/c1-2-8-6-4-3-5-7-8/h2-3,5H,1,4,6H2. The van der Waals surface area contributed by atoms with Crippen LogP contribution in [-0.4, -0.2) is 5.75 Å². The summed E-state index contributed by atoms with van der Waals surface area (Å²) in [6, 6.07) is 0. The Hall–Kier alpha value is 0.180. The van der Waals surface area contributed by atoms with Crippen LogP contribution in [0.4, 0.5) is 0 Å². The van der Waals surface area contributed by atoms with Crippen molar-refractivity contribution in [1.82, 2.24) is 0 Å². The Morgan fingerprint density at radius 1 is 1.75 bits per heavy atom. The number of hydrogen-bond donors (Lipinski definition) is 0. The highest BCUT2D eigenvalue weighted by Gasteiger charge is 2.01. The van der Waals surface area contributed by atoms with Gasteiger partial charge in [0.1, 0.15) is 0 Å². The SMILES string of the molecule is C=C[S]1CCC=CS1. The molecule has 0 spiro atoms. The third-order valence-corrected chi connectivity index (χ3v) is 4.49. The molecular weight excluding hydrogens is 136 g/mol. The van der Waals surface area contributed by atoms with Crippen LogP contribution in [0.15, 0.2) is 23.5 Å². The van der Waals surface area contributed by atoms with Crippen LogP contribution < -0.4 is 0 Å². The molecule has 0 amide bonds. The van der Waals surface area contributed by atoms with E-state index in [9.17, 15) is 0 Å². The zero-order chi connectivity index (χ0) is 5.82. The first-order valence-corrected chi connectivity index (χ1v) is 5.43. The van der Waals surface area contributed by atoms with E-state index in [-0.39, 0.29) is 0 Å². The van der Waals surface area contributed by atoms with E-state index < -0.39 is 0 Å². The Balaban J connectivity index is 2.37. The Labute approximate surface area is 56.8 Å². The van der Waals surface area contributed by atoms with Crippen LogP contribution in [0.25, 0.3) is 0 Å². The Morgan fingerprint density at radius 2 is 2.62 bits per heavy atom. The summed E-state index contributed by atoms with van der Waals surface area (Å²) in [4.78, 5) is 0. The maximum atomic E-state index is 3.74. The van der Waals surface area contributed by atoms with E-state index in [4.69, 9.17) is 0 Å². The van der Waals surface area contributed by atoms with Crippen molar-refractivity contribution in [3.05, 3.63) is 23.5 Å². The average molecular weight is 145 g/mol. The van der Waals surface area contributed by atoms with E-state index in [1.807, 2.05) is 16.2 Å². The molecule has 1 rings (SSSR count). The molecule has 1 aliphatic heterocycles. The van der Waals surface area contributed by atoms with E-state index >= 15 is 0 Å². The highest BCUT2D eigenvalue weighted by atomic mass is 33.1. The van der Waals surface area contributed by atoms with Gasteiger partial charge in [0, 0.05) is 5.75 Å². The van der Waals surface area contributed by atoms with Gasteiger partial charge in [-0.25, -0.2) is 0 Å². The molecule has 0 aromatic rings. The second-order valence-corrected chi connectivity index (χ2v) is 5.34. The molecule has 0 bridgehead atoms. The van der Waals surface area contributed by atoms with Gasteiger partial charge >= 0.3 is 0 Å². The van der Waals surface area contributed by atoms with Gasteiger partial charge in [-0.05, 0) is 17.2 Å². The van der Waals surface area contributed by atoms with E-state index in [0.29, 0.717) is 9.93 Å². The van der Waals surface area contributed by atoms with E-state index in [1.54, 1.807) is 0 Å². The predicted molar refractivity (Wildman–Crippen MR) is 44.0 cm³/mol. The summed E-state index contributed by atoms with van der Waals surface area (Å²) >= 11 is 0. The molecule has 1 aliphatic rings. The molecule has 0 N–H and O–H groups in total. The minimum Gasteiger partial charge on any atom is -0.124 e. The lowest BCUT2D eigenvalue weighted by Crippen LogP contribution is -1.81. The lowest BCUT2D eigenvalue weighted by atomic mass is 10.5. The second kappa shape index (κ2) is 3.25. The molecule has 0 unspecified atom stereocenters. The van der Waals surface area contributed by atoms with Gasteiger partial charge in [-0.15, -0.1) is 9.93 Å². The number of rotatable bonds is 1. The minimum atomic E-state index is 0.442. The summed E-state index contributed by atoms with van der Waals surface area (Å²) in [7, 11) is 2.33.